The highest BCUT2D eigenvalue weighted by molar-refractivity contribution is 14.1. The van der Waals surface area contributed by atoms with Crippen LogP contribution in [0.2, 0.25) is 0 Å². The van der Waals surface area contributed by atoms with E-state index in [1.165, 1.54) is 6.07 Å². The molecule has 1 aromatic carbocycles. The normalized spacial score (nSPS) is 21.6. The Labute approximate surface area is 115 Å². The molecule has 1 heterocycles. The number of benzene rings is 1. The summed E-state index contributed by atoms with van der Waals surface area (Å²) in [6.07, 6.45) is 2.15. The van der Waals surface area contributed by atoms with Crippen molar-refractivity contribution in [1.29, 1.82) is 0 Å². The molecular formula is C13H16FIO2. The molecule has 1 fully saturated rings. The highest BCUT2D eigenvalue weighted by Crippen LogP contribution is 2.24. The fraction of sp³-hybridized carbons (Fsp3) is 0.538. The summed E-state index contributed by atoms with van der Waals surface area (Å²) in [5.74, 6) is -0.193. The minimum Gasteiger partial charge on any atom is -0.376 e. The van der Waals surface area contributed by atoms with Crippen molar-refractivity contribution in [3.8, 4) is 0 Å². The first-order valence-corrected chi connectivity index (χ1v) is 7.37. The molecule has 0 aromatic heterocycles. The van der Waals surface area contributed by atoms with Crippen LogP contribution in [0.5, 0.6) is 0 Å². The highest BCUT2D eigenvalue weighted by atomic mass is 127. The van der Waals surface area contributed by atoms with Gasteiger partial charge in [0.1, 0.15) is 5.82 Å². The van der Waals surface area contributed by atoms with Gasteiger partial charge in [0, 0.05) is 16.6 Å². The molecule has 2 rings (SSSR count). The molecule has 1 aromatic rings. The molecule has 2 unspecified atom stereocenters. The van der Waals surface area contributed by atoms with E-state index in [-0.39, 0.29) is 18.0 Å². The molecule has 0 amide bonds. The minimum atomic E-state index is -0.193. The van der Waals surface area contributed by atoms with Gasteiger partial charge in [-0.1, -0.05) is 40.8 Å². The fourth-order valence-corrected chi connectivity index (χ4v) is 2.68. The molecule has 2 atom stereocenters. The standard InChI is InChI=1S/C13H16FIO2/c14-12-6-2-1-5-11(12)13(8-15)17-9-10-4-3-7-16-10/h1-2,5-6,10,13H,3-4,7-9H2. The number of hydrogen-bond acceptors (Lipinski definition) is 2. The molecule has 0 spiro atoms. The molecule has 0 saturated carbocycles. The van der Waals surface area contributed by atoms with E-state index in [0.717, 1.165) is 23.9 Å². The van der Waals surface area contributed by atoms with Crippen molar-refractivity contribution in [2.24, 2.45) is 0 Å². The topological polar surface area (TPSA) is 18.5 Å². The minimum absolute atomic E-state index is 0.180. The molecule has 94 valence electrons. The first-order chi connectivity index (χ1) is 8.31. The van der Waals surface area contributed by atoms with Gasteiger partial charge in [0.15, 0.2) is 0 Å². The quantitative estimate of drug-likeness (QED) is 0.598. The smallest absolute Gasteiger partial charge is 0.129 e. The average Bonchev–Trinajstić information content (AvgIpc) is 2.85. The third-order valence-electron chi connectivity index (χ3n) is 2.90. The maximum atomic E-state index is 13.6. The molecule has 0 aliphatic carbocycles. The summed E-state index contributed by atoms with van der Waals surface area (Å²) >= 11 is 2.22. The van der Waals surface area contributed by atoms with E-state index in [1.807, 2.05) is 6.07 Å². The molecule has 1 aliphatic rings. The van der Waals surface area contributed by atoms with E-state index >= 15 is 0 Å². The molecule has 2 nitrogen and oxygen atoms in total. The van der Waals surface area contributed by atoms with Gasteiger partial charge in [-0.05, 0) is 18.9 Å². The van der Waals surface area contributed by atoms with Crippen molar-refractivity contribution in [2.45, 2.75) is 25.0 Å². The van der Waals surface area contributed by atoms with Crippen LogP contribution in [0.15, 0.2) is 24.3 Å². The second-order valence-corrected chi connectivity index (χ2v) is 5.01. The van der Waals surface area contributed by atoms with Crippen LogP contribution in [0.4, 0.5) is 4.39 Å². The summed E-state index contributed by atoms with van der Waals surface area (Å²) in [4.78, 5) is 0. The summed E-state index contributed by atoms with van der Waals surface area (Å²) in [6.45, 7) is 1.38. The van der Waals surface area contributed by atoms with E-state index in [0.29, 0.717) is 12.2 Å². The van der Waals surface area contributed by atoms with Gasteiger partial charge in [-0.25, -0.2) is 4.39 Å². The second-order valence-electron chi connectivity index (χ2n) is 4.13. The number of ether oxygens (including phenoxy) is 2. The van der Waals surface area contributed by atoms with Crippen LogP contribution in [0, 0.1) is 5.82 Å². The van der Waals surface area contributed by atoms with Crippen LogP contribution < -0.4 is 0 Å². The Kier molecular flexibility index (Phi) is 5.18. The predicted octanol–water partition coefficient (Wildman–Crippen LogP) is 3.50. The van der Waals surface area contributed by atoms with Crippen molar-refractivity contribution >= 4 is 22.6 Å². The Bertz CT molecular complexity index is 353. The molecule has 1 saturated heterocycles. The zero-order valence-electron chi connectivity index (χ0n) is 9.57. The molecule has 4 heteroatoms. The Hall–Kier alpha value is -0.200. The van der Waals surface area contributed by atoms with Gasteiger partial charge in [-0.15, -0.1) is 0 Å². The fourth-order valence-electron chi connectivity index (χ4n) is 1.95. The molecule has 0 N–H and O–H groups in total. The van der Waals surface area contributed by atoms with E-state index in [9.17, 15) is 4.39 Å². The Morgan fingerprint density at radius 2 is 2.29 bits per heavy atom. The monoisotopic (exact) mass is 350 g/mol. The van der Waals surface area contributed by atoms with Gasteiger partial charge in [0.25, 0.3) is 0 Å². The van der Waals surface area contributed by atoms with Gasteiger partial charge in [-0.3, -0.25) is 0 Å². The lowest BCUT2D eigenvalue weighted by molar-refractivity contribution is -0.0132. The lowest BCUT2D eigenvalue weighted by Gasteiger charge is -2.18. The maximum Gasteiger partial charge on any atom is 0.129 e. The van der Waals surface area contributed by atoms with Crippen LogP contribution in [0.3, 0.4) is 0 Å². The van der Waals surface area contributed by atoms with Gasteiger partial charge in [-0.2, -0.15) is 0 Å². The average molecular weight is 350 g/mol. The zero-order valence-corrected chi connectivity index (χ0v) is 11.7. The van der Waals surface area contributed by atoms with E-state index in [1.54, 1.807) is 12.1 Å². The van der Waals surface area contributed by atoms with E-state index in [2.05, 4.69) is 22.6 Å². The van der Waals surface area contributed by atoms with Gasteiger partial charge >= 0.3 is 0 Å². The van der Waals surface area contributed by atoms with Crippen molar-refractivity contribution < 1.29 is 13.9 Å². The SMILES string of the molecule is Fc1ccccc1C(CI)OCC1CCCO1. The van der Waals surface area contributed by atoms with Crippen molar-refractivity contribution in [3.63, 3.8) is 0 Å². The first-order valence-electron chi connectivity index (χ1n) is 5.85. The lowest BCUT2D eigenvalue weighted by Crippen LogP contribution is -2.18. The summed E-state index contributed by atoms with van der Waals surface area (Å²) in [7, 11) is 0. The summed E-state index contributed by atoms with van der Waals surface area (Å²) in [5.41, 5.74) is 0.639. The first kappa shape index (κ1) is 13.2. The van der Waals surface area contributed by atoms with Crippen LogP contribution in [0.25, 0.3) is 0 Å². The van der Waals surface area contributed by atoms with Crippen molar-refractivity contribution in [1.82, 2.24) is 0 Å². The van der Waals surface area contributed by atoms with Crippen LogP contribution in [-0.2, 0) is 9.47 Å². The number of alkyl halides is 1. The van der Waals surface area contributed by atoms with Crippen molar-refractivity contribution in [3.05, 3.63) is 35.6 Å². The predicted molar refractivity (Wildman–Crippen MR) is 73.0 cm³/mol. The highest BCUT2D eigenvalue weighted by Gasteiger charge is 2.20. The third-order valence-corrected chi connectivity index (χ3v) is 3.70. The Balaban J connectivity index is 1.94. The number of halogens is 2. The van der Waals surface area contributed by atoms with Gasteiger partial charge < -0.3 is 9.47 Å². The Morgan fingerprint density at radius 3 is 2.94 bits per heavy atom. The third kappa shape index (κ3) is 3.63. The summed E-state index contributed by atoms with van der Waals surface area (Å²) in [6, 6.07) is 6.80. The molecule has 17 heavy (non-hydrogen) atoms. The van der Waals surface area contributed by atoms with Crippen LogP contribution in [0.1, 0.15) is 24.5 Å². The lowest BCUT2D eigenvalue weighted by atomic mass is 10.1. The zero-order chi connectivity index (χ0) is 12.1. The van der Waals surface area contributed by atoms with Crippen LogP contribution >= 0.6 is 22.6 Å². The molecular weight excluding hydrogens is 334 g/mol. The van der Waals surface area contributed by atoms with Gasteiger partial charge in [0.2, 0.25) is 0 Å². The van der Waals surface area contributed by atoms with Gasteiger partial charge in [0.05, 0.1) is 18.8 Å². The Morgan fingerprint density at radius 1 is 1.47 bits per heavy atom. The number of hydrogen-bond donors (Lipinski definition) is 0. The summed E-state index contributed by atoms with van der Waals surface area (Å²) < 4.78 is 25.6. The molecule has 1 aliphatic heterocycles. The van der Waals surface area contributed by atoms with E-state index < -0.39 is 0 Å². The van der Waals surface area contributed by atoms with Crippen LogP contribution in [-0.4, -0.2) is 23.7 Å². The maximum absolute atomic E-state index is 13.6. The van der Waals surface area contributed by atoms with Crippen molar-refractivity contribution in [2.75, 3.05) is 17.6 Å². The largest absolute Gasteiger partial charge is 0.376 e. The molecule has 0 bridgehead atoms. The number of rotatable bonds is 5. The van der Waals surface area contributed by atoms with E-state index in [4.69, 9.17) is 9.47 Å². The summed E-state index contributed by atoms with van der Waals surface area (Å²) in [5, 5.41) is 0. The molecule has 0 radical (unpaired) electrons. The second kappa shape index (κ2) is 6.66.